The van der Waals surface area contributed by atoms with Crippen LogP contribution >= 0.6 is 0 Å². The molecule has 4 rings (SSSR count). The summed E-state index contributed by atoms with van der Waals surface area (Å²) in [5, 5.41) is 32.8. The van der Waals surface area contributed by atoms with Crippen molar-refractivity contribution in [2.24, 2.45) is 17.8 Å². The summed E-state index contributed by atoms with van der Waals surface area (Å²) in [6.45, 7) is 1.31. The van der Waals surface area contributed by atoms with Gasteiger partial charge in [0.1, 0.15) is 17.3 Å². The summed E-state index contributed by atoms with van der Waals surface area (Å²) in [6.07, 6.45) is 0.811. The van der Waals surface area contributed by atoms with Crippen LogP contribution < -0.4 is 4.90 Å². The summed E-state index contributed by atoms with van der Waals surface area (Å²) in [5.74, 6) is -4.33. The third kappa shape index (κ3) is 3.61. The van der Waals surface area contributed by atoms with Crippen molar-refractivity contribution >= 4 is 28.8 Å². The van der Waals surface area contributed by atoms with E-state index in [-0.39, 0.29) is 55.5 Å². The Bertz CT molecular complexity index is 1130. The molecule has 1 aromatic rings. The van der Waals surface area contributed by atoms with Gasteiger partial charge in [-0.15, -0.1) is 0 Å². The number of fused-ring (bicyclic) bond motifs is 3. The molecule has 0 amide bonds. The van der Waals surface area contributed by atoms with Crippen molar-refractivity contribution in [3.8, 4) is 5.75 Å². The van der Waals surface area contributed by atoms with E-state index in [4.69, 9.17) is 4.74 Å². The molecule has 0 aliphatic heterocycles. The third-order valence-corrected chi connectivity index (χ3v) is 6.83. The number of allylic oxidation sites excluding steroid dienone is 3. The molecule has 0 aromatic heterocycles. The number of hydrogen-bond donors (Lipinski definition) is 3. The Morgan fingerprint density at radius 1 is 1.21 bits per heavy atom. The highest BCUT2D eigenvalue weighted by molar-refractivity contribution is 6.22. The van der Waals surface area contributed by atoms with Crippen LogP contribution in [-0.4, -0.2) is 59.4 Å². The number of nitrogens with zero attached hydrogens (tertiary/aromatic N) is 1. The zero-order valence-electron chi connectivity index (χ0n) is 19.1. The van der Waals surface area contributed by atoms with Crippen molar-refractivity contribution in [1.82, 2.24) is 0 Å². The molecular formula is C24H33NO8. The van der Waals surface area contributed by atoms with Crippen molar-refractivity contribution in [2.45, 2.75) is 32.8 Å². The fraction of sp³-hybridized carbons (Fsp3) is 0.458. The predicted octanol–water partition coefficient (Wildman–Crippen LogP) is 2.29. The van der Waals surface area contributed by atoms with Crippen LogP contribution in [0.15, 0.2) is 23.0 Å². The molecule has 3 aliphatic carbocycles. The number of carbonyl (C=O) groups is 3. The van der Waals surface area contributed by atoms with Crippen LogP contribution in [0.2, 0.25) is 0 Å². The first kappa shape index (κ1) is 24.5. The normalized spacial score (nSPS) is 24.1. The fourth-order valence-corrected chi connectivity index (χ4v) is 5.52. The quantitative estimate of drug-likeness (QED) is 0.574. The number of anilines is 1. The number of aromatic hydroxyl groups is 1. The SMILES string of the molecule is COCc1cc(N(C)C)c2c(c1O)C(O)=C1C(=O)C3C(O)=C(C(C)=O)C(=O)CC3CC1C2.O.[HH].[HH]. The molecule has 3 aliphatic rings. The minimum absolute atomic E-state index is 0. The largest absolute Gasteiger partial charge is 0.511 e. The molecule has 0 saturated heterocycles. The second-order valence-electron chi connectivity index (χ2n) is 9.03. The zero-order valence-corrected chi connectivity index (χ0v) is 19.1. The standard InChI is InChI=1S/C24H27NO7.H2O.2H2/c1-10(26)17-16(27)8-12-5-11-6-14-15(25(2)3)7-13(9-32-4)21(28)20(14)24(31)18(11)23(30)19(12)22(17)29;;;/h7,11-12,19,28-29,31H,5-6,8-9H2,1-4H3;1H2;2*1H. The predicted molar refractivity (Wildman–Crippen MR) is 124 cm³/mol. The minimum atomic E-state index is -1.04. The smallest absolute Gasteiger partial charge is 0.173 e. The van der Waals surface area contributed by atoms with Gasteiger partial charge in [0.2, 0.25) is 0 Å². The van der Waals surface area contributed by atoms with Gasteiger partial charge in [0.25, 0.3) is 0 Å². The van der Waals surface area contributed by atoms with Crippen LogP contribution in [0.5, 0.6) is 5.75 Å². The van der Waals surface area contributed by atoms with Crippen molar-refractivity contribution in [3.05, 3.63) is 39.7 Å². The van der Waals surface area contributed by atoms with Gasteiger partial charge < -0.3 is 30.4 Å². The Kier molecular flexibility index (Phi) is 6.41. The number of carbonyl (C=O) groups excluding carboxylic acids is 3. The molecule has 3 atom stereocenters. The number of rotatable bonds is 4. The number of phenols is 1. The molecule has 0 radical (unpaired) electrons. The lowest BCUT2D eigenvalue weighted by Crippen LogP contribution is -2.43. The lowest BCUT2D eigenvalue weighted by atomic mass is 9.61. The maximum absolute atomic E-state index is 13.5. The average molecular weight is 464 g/mol. The maximum Gasteiger partial charge on any atom is 0.173 e. The molecule has 9 heteroatoms. The average Bonchev–Trinajstić information content (AvgIpc) is 2.68. The van der Waals surface area contributed by atoms with Gasteiger partial charge in [-0.25, -0.2) is 0 Å². The van der Waals surface area contributed by atoms with Crippen LogP contribution in [0, 0.1) is 17.8 Å². The van der Waals surface area contributed by atoms with Crippen LogP contribution in [0.3, 0.4) is 0 Å². The second kappa shape index (κ2) is 8.64. The molecule has 182 valence electrons. The van der Waals surface area contributed by atoms with Crippen molar-refractivity contribution < 1.29 is 42.8 Å². The number of hydrogen-bond acceptors (Lipinski definition) is 8. The number of benzene rings is 1. The van der Waals surface area contributed by atoms with Crippen LogP contribution in [0.25, 0.3) is 5.76 Å². The first-order chi connectivity index (χ1) is 15.1. The van der Waals surface area contributed by atoms with E-state index in [1.54, 1.807) is 6.07 Å². The molecule has 3 unspecified atom stereocenters. The number of methoxy groups -OCH3 is 1. The van der Waals surface area contributed by atoms with E-state index in [2.05, 4.69) is 0 Å². The van der Waals surface area contributed by atoms with Gasteiger partial charge in [-0.2, -0.15) is 0 Å². The number of ether oxygens (including phenoxy) is 1. The summed E-state index contributed by atoms with van der Waals surface area (Å²) in [5.41, 5.74) is 2.00. The molecule has 1 aromatic carbocycles. The van der Waals surface area contributed by atoms with Crippen LogP contribution in [-0.2, 0) is 32.1 Å². The van der Waals surface area contributed by atoms with E-state index in [1.807, 2.05) is 19.0 Å². The number of aliphatic hydroxyl groups excluding tert-OH is 2. The number of ketones is 3. The minimum Gasteiger partial charge on any atom is -0.511 e. The zero-order chi connectivity index (χ0) is 23.5. The molecule has 33 heavy (non-hydrogen) atoms. The number of phenolic OH excluding ortho intramolecular Hbond substituents is 1. The summed E-state index contributed by atoms with van der Waals surface area (Å²) in [4.78, 5) is 39.7. The second-order valence-corrected chi connectivity index (χ2v) is 9.03. The monoisotopic (exact) mass is 463 g/mol. The Balaban J connectivity index is 0.00000204. The highest BCUT2D eigenvalue weighted by atomic mass is 16.5. The van der Waals surface area contributed by atoms with E-state index in [1.165, 1.54) is 14.0 Å². The lowest BCUT2D eigenvalue weighted by Gasteiger charge is -2.41. The lowest BCUT2D eigenvalue weighted by molar-refractivity contribution is -0.127. The van der Waals surface area contributed by atoms with E-state index < -0.39 is 34.9 Å². The van der Waals surface area contributed by atoms with Crippen LogP contribution in [0.1, 0.15) is 39.3 Å². The molecule has 1 fully saturated rings. The molecule has 9 nitrogen and oxygen atoms in total. The van der Waals surface area contributed by atoms with E-state index in [0.717, 1.165) is 11.3 Å². The Labute approximate surface area is 194 Å². The first-order valence-electron chi connectivity index (χ1n) is 10.6. The fourth-order valence-electron chi connectivity index (χ4n) is 5.52. The van der Waals surface area contributed by atoms with Crippen molar-refractivity contribution in [2.75, 3.05) is 26.1 Å². The molecular weight excluding hydrogens is 430 g/mol. The molecule has 0 heterocycles. The van der Waals surface area contributed by atoms with Gasteiger partial charge in [-0.05, 0) is 43.2 Å². The van der Waals surface area contributed by atoms with E-state index >= 15 is 0 Å². The summed E-state index contributed by atoms with van der Waals surface area (Å²) in [6, 6.07) is 1.81. The number of Topliss-reactive ketones (excluding diaryl/α,β-unsaturated/α-hetero) is 3. The maximum atomic E-state index is 13.5. The highest BCUT2D eigenvalue weighted by Crippen LogP contribution is 2.52. The summed E-state index contributed by atoms with van der Waals surface area (Å²) >= 11 is 0. The Morgan fingerprint density at radius 3 is 2.45 bits per heavy atom. The highest BCUT2D eigenvalue weighted by Gasteiger charge is 2.50. The molecule has 0 spiro atoms. The number of aliphatic hydroxyl groups is 2. The van der Waals surface area contributed by atoms with Gasteiger partial charge in [0.15, 0.2) is 17.3 Å². The van der Waals surface area contributed by atoms with E-state index in [9.17, 15) is 29.7 Å². The van der Waals surface area contributed by atoms with Gasteiger partial charge >= 0.3 is 0 Å². The van der Waals surface area contributed by atoms with Crippen LogP contribution in [0.4, 0.5) is 5.69 Å². The van der Waals surface area contributed by atoms with E-state index in [0.29, 0.717) is 18.4 Å². The van der Waals surface area contributed by atoms with Crippen molar-refractivity contribution in [1.29, 1.82) is 0 Å². The molecule has 1 saturated carbocycles. The Morgan fingerprint density at radius 2 is 1.88 bits per heavy atom. The summed E-state index contributed by atoms with van der Waals surface area (Å²) in [7, 11) is 5.21. The molecule has 0 bridgehead atoms. The summed E-state index contributed by atoms with van der Waals surface area (Å²) < 4.78 is 5.18. The van der Waals surface area contributed by atoms with Gasteiger partial charge in [0.05, 0.1) is 23.7 Å². The third-order valence-electron chi connectivity index (χ3n) is 6.83. The van der Waals surface area contributed by atoms with Gasteiger partial charge in [-0.1, -0.05) is 0 Å². The first-order valence-corrected chi connectivity index (χ1v) is 10.6. The van der Waals surface area contributed by atoms with Gasteiger partial charge in [-0.3, -0.25) is 14.4 Å². The van der Waals surface area contributed by atoms with Crippen molar-refractivity contribution in [3.63, 3.8) is 0 Å². The van der Waals surface area contributed by atoms with Gasteiger partial charge in [0, 0.05) is 47.3 Å². The Hall–Kier alpha value is -3.17. The molecule has 5 N–H and O–H groups in total. The topological polar surface area (TPSA) is 156 Å².